The molecule has 3 N–H and O–H groups in total. The molecule has 0 unspecified atom stereocenters. The minimum atomic E-state index is -0.758. The number of carbonyl (C=O) groups excluding carboxylic acids is 4. The number of nitrogens with one attached hydrogen (secondary N) is 3. The number of pyridine rings is 1. The molecule has 4 heterocycles. The van der Waals surface area contributed by atoms with Gasteiger partial charge in [0, 0.05) is 30.6 Å². The molecule has 2 saturated heterocycles. The molecule has 0 radical (unpaired) electrons. The molecule has 3 aliphatic rings. The Morgan fingerprint density at radius 1 is 1.41 bits per heavy atom. The quantitative estimate of drug-likeness (QED) is 0.579. The molecule has 2 aliphatic heterocycles. The van der Waals surface area contributed by atoms with E-state index in [-0.39, 0.29) is 47.3 Å². The molecule has 0 aromatic carbocycles. The van der Waals surface area contributed by atoms with E-state index in [1.54, 1.807) is 23.2 Å². The summed E-state index contributed by atoms with van der Waals surface area (Å²) >= 11 is 0. The van der Waals surface area contributed by atoms with Crippen LogP contribution in [0.4, 0.5) is 0 Å². The lowest BCUT2D eigenvalue weighted by molar-refractivity contribution is -0.129. The Labute approximate surface area is 185 Å². The summed E-state index contributed by atoms with van der Waals surface area (Å²) in [5.41, 5.74) is 0.977. The molecule has 2 aromatic heterocycles. The summed E-state index contributed by atoms with van der Waals surface area (Å²) in [7, 11) is 0. The van der Waals surface area contributed by atoms with Gasteiger partial charge in [-0.05, 0) is 48.3 Å². The van der Waals surface area contributed by atoms with Crippen molar-refractivity contribution in [2.75, 3.05) is 13.1 Å². The summed E-state index contributed by atoms with van der Waals surface area (Å²) in [5.74, 6) is -0.670. The van der Waals surface area contributed by atoms with Gasteiger partial charge in [-0.25, -0.2) is 4.98 Å². The fraction of sp³-hybridized carbons (Fsp3) is 0.522. The molecule has 3 amide bonds. The van der Waals surface area contributed by atoms with E-state index in [0.29, 0.717) is 37.1 Å². The van der Waals surface area contributed by atoms with Crippen LogP contribution in [0.25, 0.3) is 11.0 Å². The van der Waals surface area contributed by atoms with Gasteiger partial charge in [0.1, 0.15) is 23.7 Å². The molecule has 2 aromatic rings. The van der Waals surface area contributed by atoms with Crippen LogP contribution in [0.5, 0.6) is 0 Å². The summed E-state index contributed by atoms with van der Waals surface area (Å²) in [4.78, 5) is 59.1. The standard InChI is InChI=1S/C23H27N5O4/c1-23(2)15-10-28(22(32)16-9-12-4-3-6-24-19(12)27-16)18(17(15)23)21(31)26-14(11-29)8-13-5-7-25-20(13)30/h3-4,6,9,11,13-15,17-18H,5,7-8,10H2,1-2H3,(H,24,27)(H,25,30)(H,26,31)/t13-,14-,15-,17-,18-/m0/s1. The SMILES string of the molecule is CC1(C)[C@@H]2[C@@H](C(=O)N[C@H](C=O)C[C@@H]3CCNC3=O)N(C(=O)c3cc4cccnc4[nH]3)C[C@@H]21. The van der Waals surface area contributed by atoms with Crippen molar-refractivity contribution in [2.45, 2.75) is 38.8 Å². The third-order valence-electron chi connectivity index (χ3n) is 7.55. The molecule has 32 heavy (non-hydrogen) atoms. The van der Waals surface area contributed by atoms with Crippen LogP contribution < -0.4 is 10.6 Å². The second kappa shape index (κ2) is 7.43. The Morgan fingerprint density at radius 3 is 2.91 bits per heavy atom. The number of nitrogens with zero attached hydrogens (tertiary/aromatic N) is 2. The summed E-state index contributed by atoms with van der Waals surface area (Å²) in [6, 6.07) is 4.02. The van der Waals surface area contributed by atoms with E-state index in [4.69, 9.17) is 0 Å². The zero-order valence-electron chi connectivity index (χ0n) is 18.1. The first-order chi connectivity index (χ1) is 15.3. The van der Waals surface area contributed by atoms with Crippen LogP contribution in [0, 0.1) is 23.2 Å². The van der Waals surface area contributed by atoms with Crippen LogP contribution in [0.1, 0.15) is 37.2 Å². The number of rotatable bonds is 6. The second-order valence-electron chi connectivity index (χ2n) is 9.74. The Hall–Kier alpha value is -3.23. The van der Waals surface area contributed by atoms with Crippen molar-refractivity contribution >= 4 is 35.0 Å². The molecule has 0 spiro atoms. The lowest BCUT2D eigenvalue weighted by atomic mass is 9.97. The number of aromatic amines is 1. The predicted molar refractivity (Wildman–Crippen MR) is 115 cm³/mol. The van der Waals surface area contributed by atoms with E-state index in [1.807, 2.05) is 6.07 Å². The first kappa shape index (κ1) is 20.7. The highest BCUT2D eigenvalue weighted by Crippen LogP contribution is 2.65. The highest BCUT2D eigenvalue weighted by atomic mass is 16.2. The smallest absolute Gasteiger partial charge is 0.271 e. The van der Waals surface area contributed by atoms with Crippen LogP contribution in [-0.4, -0.2) is 64.0 Å². The number of carbonyl (C=O) groups is 4. The van der Waals surface area contributed by atoms with Gasteiger partial charge in [-0.2, -0.15) is 0 Å². The number of H-pyrrole nitrogens is 1. The van der Waals surface area contributed by atoms with Gasteiger partial charge in [0.25, 0.3) is 5.91 Å². The Balaban J connectivity index is 1.35. The number of hydrogen-bond acceptors (Lipinski definition) is 5. The van der Waals surface area contributed by atoms with Crippen LogP contribution >= 0.6 is 0 Å². The molecule has 5 atom stereocenters. The third kappa shape index (κ3) is 3.27. The Bertz CT molecular complexity index is 1080. The van der Waals surface area contributed by atoms with Gasteiger partial charge in [-0.3, -0.25) is 14.4 Å². The zero-order valence-corrected chi connectivity index (χ0v) is 18.1. The molecule has 1 aliphatic carbocycles. The van der Waals surface area contributed by atoms with E-state index in [9.17, 15) is 19.2 Å². The van der Waals surface area contributed by atoms with Gasteiger partial charge < -0.3 is 25.3 Å². The summed E-state index contributed by atoms with van der Waals surface area (Å²) in [5, 5.41) is 6.40. The van der Waals surface area contributed by atoms with Crippen molar-refractivity contribution in [3.8, 4) is 0 Å². The molecule has 9 nitrogen and oxygen atoms in total. The lowest BCUT2D eigenvalue weighted by Gasteiger charge is -2.30. The molecule has 9 heteroatoms. The molecular formula is C23H27N5O4. The number of fused-ring (bicyclic) bond motifs is 2. The van der Waals surface area contributed by atoms with E-state index >= 15 is 0 Å². The molecule has 0 bridgehead atoms. The topological polar surface area (TPSA) is 124 Å². The van der Waals surface area contributed by atoms with Crippen molar-refractivity contribution in [3.63, 3.8) is 0 Å². The fourth-order valence-electron chi connectivity index (χ4n) is 5.62. The average Bonchev–Trinajstić information content (AvgIpc) is 3.29. The monoisotopic (exact) mass is 437 g/mol. The molecular weight excluding hydrogens is 410 g/mol. The van der Waals surface area contributed by atoms with Crippen molar-refractivity contribution in [1.82, 2.24) is 25.5 Å². The minimum absolute atomic E-state index is 0.0380. The van der Waals surface area contributed by atoms with Crippen molar-refractivity contribution < 1.29 is 19.2 Å². The van der Waals surface area contributed by atoms with Gasteiger partial charge in [0.2, 0.25) is 11.8 Å². The van der Waals surface area contributed by atoms with Crippen LogP contribution in [0.15, 0.2) is 24.4 Å². The number of aromatic nitrogens is 2. The molecule has 168 valence electrons. The van der Waals surface area contributed by atoms with Crippen LogP contribution in [0.2, 0.25) is 0 Å². The maximum absolute atomic E-state index is 13.4. The third-order valence-corrected chi connectivity index (χ3v) is 7.55. The van der Waals surface area contributed by atoms with E-state index in [1.165, 1.54) is 0 Å². The lowest BCUT2D eigenvalue weighted by Crippen LogP contribution is -2.52. The van der Waals surface area contributed by atoms with Gasteiger partial charge in [0.05, 0.1) is 6.04 Å². The average molecular weight is 438 g/mol. The number of aldehydes is 1. The summed E-state index contributed by atoms with van der Waals surface area (Å²) in [6.07, 6.45) is 3.26. The van der Waals surface area contributed by atoms with Gasteiger partial charge in [-0.15, -0.1) is 0 Å². The number of likely N-dealkylation sites (tertiary alicyclic amines) is 1. The number of hydrogen-bond donors (Lipinski definition) is 3. The Morgan fingerprint density at radius 2 is 2.22 bits per heavy atom. The van der Waals surface area contributed by atoms with Gasteiger partial charge in [-0.1, -0.05) is 13.8 Å². The van der Waals surface area contributed by atoms with Crippen molar-refractivity contribution in [2.24, 2.45) is 23.2 Å². The van der Waals surface area contributed by atoms with Crippen LogP contribution in [-0.2, 0) is 14.4 Å². The maximum Gasteiger partial charge on any atom is 0.271 e. The summed E-state index contributed by atoms with van der Waals surface area (Å²) in [6.45, 7) is 5.30. The Kier molecular flexibility index (Phi) is 4.79. The highest BCUT2D eigenvalue weighted by molar-refractivity contribution is 6.00. The minimum Gasteiger partial charge on any atom is -0.356 e. The molecule has 1 saturated carbocycles. The molecule has 5 rings (SSSR count). The predicted octanol–water partition coefficient (Wildman–Crippen LogP) is 0.869. The number of amides is 3. The second-order valence-corrected chi connectivity index (χ2v) is 9.74. The van der Waals surface area contributed by atoms with Gasteiger partial charge >= 0.3 is 0 Å². The number of piperidine rings is 1. The highest BCUT2D eigenvalue weighted by Gasteiger charge is 2.69. The summed E-state index contributed by atoms with van der Waals surface area (Å²) < 4.78 is 0. The zero-order chi connectivity index (χ0) is 22.6. The van der Waals surface area contributed by atoms with Gasteiger partial charge in [0.15, 0.2) is 0 Å². The largest absolute Gasteiger partial charge is 0.356 e. The first-order valence-electron chi connectivity index (χ1n) is 11.1. The molecule has 3 fully saturated rings. The van der Waals surface area contributed by atoms with Crippen molar-refractivity contribution in [3.05, 3.63) is 30.1 Å². The van der Waals surface area contributed by atoms with E-state index < -0.39 is 12.1 Å². The fourth-order valence-corrected chi connectivity index (χ4v) is 5.62. The first-order valence-corrected chi connectivity index (χ1v) is 11.1. The normalized spacial score (nSPS) is 28.8. The van der Waals surface area contributed by atoms with E-state index in [2.05, 4.69) is 34.4 Å². The van der Waals surface area contributed by atoms with E-state index in [0.717, 1.165) is 5.39 Å². The maximum atomic E-state index is 13.4. The van der Waals surface area contributed by atoms with Crippen LogP contribution in [0.3, 0.4) is 0 Å². The van der Waals surface area contributed by atoms with Crippen molar-refractivity contribution in [1.29, 1.82) is 0 Å².